The summed E-state index contributed by atoms with van der Waals surface area (Å²) in [5.41, 5.74) is 1.95. The van der Waals surface area contributed by atoms with Crippen LogP contribution in [0.2, 0.25) is 0 Å². The maximum atomic E-state index is 12.9. The number of benzene rings is 1. The quantitative estimate of drug-likeness (QED) is 0.872. The largest absolute Gasteiger partial charge is 0.486 e. The zero-order chi connectivity index (χ0) is 17.4. The van der Waals surface area contributed by atoms with Gasteiger partial charge >= 0.3 is 0 Å². The van der Waals surface area contributed by atoms with E-state index in [0.29, 0.717) is 31.0 Å². The molecule has 2 aliphatic heterocycles. The van der Waals surface area contributed by atoms with E-state index in [-0.39, 0.29) is 17.7 Å². The molecule has 0 radical (unpaired) electrons. The first kappa shape index (κ1) is 15.7. The van der Waals surface area contributed by atoms with Gasteiger partial charge in [-0.2, -0.15) is 0 Å². The number of aromatic nitrogens is 1. The third kappa shape index (κ3) is 2.77. The molecule has 1 N–H and O–H groups in total. The van der Waals surface area contributed by atoms with Gasteiger partial charge in [-0.3, -0.25) is 9.59 Å². The zero-order valence-corrected chi connectivity index (χ0v) is 14.1. The summed E-state index contributed by atoms with van der Waals surface area (Å²) in [5, 5.41) is 0. The van der Waals surface area contributed by atoms with Gasteiger partial charge in [0.1, 0.15) is 18.9 Å². The molecule has 1 unspecified atom stereocenters. The highest BCUT2D eigenvalue weighted by Gasteiger charge is 2.34. The van der Waals surface area contributed by atoms with Crippen LogP contribution >= 0.6 is 0 Å². The summed E-state index contributed by atoms with van der Waals surface area (Å²) in [6.45, 7) is 3.23. The van der Waals surface area contributed by atoms with Crippen LogP contribution in [0.5, 0.6) is 11.5 Å². The molecule has 6 nitrogen and oxygen atoms in total. The van der Waals surface area contributed by atoms with Gasteiger partial charge in [0.2, 0.25) is 0 Å². The number of fused-ring (bicyclic) bond motifs is 1. The maximum absolute atomic E-state index is 12.9. The highest BCUT2D eigenvalue weighted by molar-refractivity contribution is 5.99. The predicted molar refractivity (Wildman–Crippen MR) is 91.2 cm³/mol. The average molecular weight is 340 g/mol. The van der Waals surface area contributed by atoms with E-state index in [0.717, 1.165) is 29.9 Å². The Morgan fingerprint density at radius 1 is 1.24 bits per heavy atom. The number of carbonyl (C=O) groups excluding carboxylic acids is 2. The average Bonchev–Trinajstić information content (AvgIpc) is 3.30. The second-order valence-electron chi connectivity index (χ2n) is 6.39. The van der Waals surface area contributed by atoms with E-state index in [1.165, 1.54) is 6.92 Å². The topological polar surface area (TPSA) is 71.6 Å². The lowest BCUT2D eigenvalue weighted by Crippen LogP contribution is -2.31. The van der Waals surface area contributed by atoms with Gasteiger partial charge in [0, 0.05) is 23.9 Å². The van der Waals surface area contributed by atoms with E-state index < -0.39 is 0 Å². The fourth-order valence-corrected chi connectivity index (χ4v) is 3.57. The van der Waals surface area contributed by atoms with Gasteiger partial charge in [0.15, 0.2) is 17.3 Å². The number of ketones is 1. The van der Waals surface area contributed by atoms with Crippen molar-refractivity contribution in [2.24, 2.45) is 0 Å². The molecule has 1 atom stereocenters. The van der Waals surface area contributed by atoms with Crippen molar-refractivity contribution in [3.63, 3.8) is 0 Å². The lowest BCUT2D eigenvalue weighted by molar-refractivity contribution is 0.0725. The monoisotopic (exact) mass is 340 g/mol. The van der Waals surface area contributed by atoms with Gasteiger partial charge in [-0.25, -0.2) is 0 Å². The maximum Gasteiger partial charge on any atom is 0.270 e. The summed E-state index contributed by atoms with van der Waals surface area (Å²) >= 11 is 0. The molecular formula is C19H20N2O4. The molecule has 0 bridgehead atoms. The number of hydrogen-bond acceptors (Lipinski definition) is 4. The van der Waals surface area contributed by atoms with Gasteiger partial charge in [-0.15, -0.1) is 0 Å². The Balaban J connectivity index is 1.64. The van der Waals surface area contributed by atoms with Crippen LogP contribution in [-0.2, 0) is 0 Å². The number of nitrogens with zero attached hydrogens (tertiary/aromatic N) is 1. The molecule has 6 heteroatoms. The number of hydrogen-bond donors (Lipinski definition) is 1. The Morgan fingerprint density at radius 2 is 2.08 bits per heavy atom. The number of ether oxygens (including phenoxy) is 2. The molecular weight excluding hydrogens is 320 g/mol. The molecule has 3 heterocycles. The van der Waals surface area contributed by atoms with E-state index in [4.69, 9.17) is 9.47 Å². The molecule has 1 amide bonds. The normalized spacial score (nSPS) is 19.1. The number of rotatable bonds is 3. The van der Waals surface area contributed by atoms with Crippen molar-refractivity contribution >= 4 is 11.7 Å². The molecule has 25 heavy (non-hydrogen) atoms. The zero-order valence-electron chi connectivity index (χ0n) is 14.1. The second kappa shape index (κ2) is 6.27. The van der Waals surface area contributed by atoms with Crippen molar-refractivity contribution in [2.75, 3.05) is 19.8 Å². The molecule has 2 aliphatic rings. The van der Waals surface area contributed by atoms with Crippen molar-refractivity contribution < 1.29 is 19.1 Å². The summed E-state index contributed by atoms with van der Waals surface area (Å²) < 4.78 is 11.5. The first-order valence-electron chi connectivity index (χ1n) is 8.54. The smallest absolute Gasteiger partial charge is 0.270 e. The fourth-order valence-electron chi connectivity index (χ4n) is 3.57. The van der Waals surface area contributed by atoms with Crippen LogP contribution in [0.15, 0.2) is 30.5 Å². The van der Waals surface area contributed by atoms with E-state index >= 15 is 0 Å². The van der Waals surface area contributed by atoms with Crippen LogP contribution in [-0.4, -0.2) is 41.3 Å². The Labute approximate surface area is 145 Å². The number of likely N-dealkylation sites (tertiary alicyclic amines) is 1. The Morgan fingerprint density at radius 3 is 2.88 bits per heavy atom. The summed E-state index contributed by atoms with van der Waals surface area (Å²) in [5.74, 6) is 1.33. The molecule has 0 spiro atoms. The molecule has 2 aromatic rings. The van der Waals surface area contributed by atoms with Crippen LogP contribution in [0.25, 0.3) is 0 Å². The number of aromatic amines is 1. The highest BCUT2D eigenvalue weighted by Crippen LogP contribution is 2.43. The summed E-state index contributed by atoms with van der Waals surface area (Å²) in [6.07, 6.45) is 3.40. The molecule has 1 aromatic carbocycles. The number of para-hydroxylation sites is 1. The minimum absolute atomic E-state index is 0.0479. The molecule has 1 saturated heterocycles. The second-order valence-corrected chi connectivity index (χ2v) is 6.39. The van der Waals surface area contributed by atoms with Crippen LogP contribution in [0.4, 0.5) is 0 Å². The van der Waals surface area contributed by atoms with Crippen LogP contribution < -0.4 is 9.47 Å². The molecule has 0 aliphatic carbocycles. The summed E-state index contributed by atoms with van der Waals surface area (Å²) in [4.78, 5) is 29.2. The van der Waals surface area contributed by atoms with Crippen molar-refractivity contribution in [2.45, 2.75) is 25.8 Å². The van der Waals surface area contributed by atoms with Crippen LogP contribution in [0.3, 0.4) is 0 Å². The Bertz CT molecular complexity index is 827. The van der Waals surface area contributed by atoms with Crippen LogP contribution in [0.1, 0.15) is 52.2 Å². The predicted octanol–water partition coefficient (Wildman–Crippen LogP) is 2.97. The third-order valence-corrected chi connectivity index (χ3v) is 4.79. The van der Waals surface area contributed by atoms with Crippen LogP contribution in [0, 0.1) is 0 Å². The first-order chi connectivity index (χ1) is 12.1. The SMILES string of the molecule is CC(=O)c1c[nH]c(C(=O)N2CCCC2c2cccc3c2OCCO3)c1. The van der Waals surface area contributed by atoms with Crippen molar-refractivity contribution in [3.8, 4) is 11.5 Å². The molecule has 1 fully saturated rings. The van der Waals surface area contributed by atoms with E-state index in [2.05, 4.69) is 4.98 Å². The first-order valence-corrected chi connectivity index (χ1v) is 8.54. The minimum atomic E-state index is -0.0932. The van der Waals surface area contributed by atoms with Gasteiger partial charge in [-0.05, 0) is 31.9 Å². The van der Waals surface area contributed by atoms with Crippen molar-refractivity contribution in [1.82, 2.24) is 9.88 Å². The number of amides is 1. The molecule has 4 rings (SSSR count). The van der Waals surface area contributed by atoms with Crippen molar-refractivity contribution in [3.05, 3.63) is 47.3 Å². The number of nitrogens with one attached hydrogen (secondary N) is 1. The molecule has 130 valence electrons. The number of H-pyrrole nitrogens is 1. The lowest BCUT2D eigenvalue weighted by Gasteiger charge is -2.28. The van der Waals surface area contributed by atoms with E-state index in [1.807, 2.05) is 23.1 Å². The lowest BCUT2D eigenvalue weighted by atomic mass is 10.0. The van der Waals surface area contributed by atoms with Gasteiger partial charge < -0.3 is 19.4 Å². The van der Waals surface area contributed by atoms with Crippen molar-refractivity contribution in [1.29, 1.82) is 0 Å². The molecule has 1 aromatic heterocycles. The van der Waals surface area contributed by atoms with Gasteiger partial charge in [0.05, 0.1) is 6.04 Å². The summed E-state index contributed by atoms with van der Waals surface area (Å²) in [6, 6.07) is 7.41. The van der Waals surface area contributed by atoms with Gasteiger partial charge in [-0.1, -0.05) is 12.1 Å². The Kier molecular flexibility index (Phi) is 3.95. The highest BCUT2D eigenvalue weighted by atomic mass is 16.6. The molecule has 0 saturated carbocycles. The number of Topliss-reactive ketones (excluding diaryl/α,β-unsaturated/α-hetero) is 1. The third-order valence-electron chi connectivity index (χ3n) is 4.79. The van der Waals surface area contributed by atoms with Gasteiger partial charge in [0.25, 0.3) is 5.91 Å². The van der Waals surface area contributed by atoms with E-state index in [1.54, 1.807) is 12.3 Å². The Hall–Kier alpha value is -2.76. The summed E-state index contributed by atoms with van der Waals surface area (Å²) in [7, 11) is 0. The number of carbonyl (C=O) groups is 2. The standard InChI is InChI=1S/C19H20N2O4/c1-12(22)13-10-15(20-11-13)19(23)21-7-3-5-16(21)14-4-2-6-17-18(14)25-9-8-24-17/h2,4,6,10-11,16,20H,3,5,7-9H2,1H3. The fraction of sp³-hybridized carbons (Fsp3) is 0.368. The minimum Gasteiger partial charge on any atom is -0.486 e. The van der Waals surface area contributed by atoms with E-state index in [9.17, 15) is 9.59 Å².